The maximum absolute atomic E-state index is 14.4. The van der Waals surface area contributed by atoms with Gasteiger partial charge in [-0.05, 0) is 78.2 Å². The number of hydrogen-bond acceptors (Lipinski definition) is 5. The first-order valence-corrected chi connectivity index (χ1v) is 16.6. The third-order valence-corrected chi connectivity index (χ3v) is 9.42. The molecule has 0 aliphatic heterocycles. The van der Waals surface area contributed by atoms with Gasteiger partial charge in [-0.3, -0.25) is 13.9 Å². The lowest BCUT2D eigenvalue weighted by Gasteiger charge is -2.34. The molecule has 0 unspecified atom stereocenters. The highest BCUT2D eigenvalue weighted by Crippen LogP contribution is 2.27. The second-order valence-corrected chi connectivity index (χ2v) is 13.0. The molecule has 1 atom stereocenters. The van der Waals surface area contributed by atoms with E-state index in [4.69, 9.17) is 27.9 Å². The van der Waals surface area contributed by atoms with Crippen molar-refractivity contribution in [3.63, 3.8) is 0 Å². The van der Waals surface area contributed by atoms with Gasteiger partial charge < -0.3 is 15.0 Å². The molecule has 0 aliphatic carbocycles. The lowest BCUT2D eigenvalue weighted by Crippen LogP contribution is -2.53. The van der Waals surface area contributed by atoms with Crippen LogP contribution < -0.4 is 14.4 Å². The molecule has 0 aliphatic rings. The molecule has 11 heteroatoms. The number of benzene rings is 4. The van der Waals surface area contributed by atoms with Gasteiger partial charge in [0.05, 0.1) is 17.7 Å². The SMILES string of the molecule is CCCNC(=O)[C@@H](Cc1ccccc1)N(Cc1ccc(Cl)cc1)C(=O)CN(c1ccc(Cl)cc1)S(=O)(=O)c1ccc(OC)cc1. The first-order chi connectivity index (χ1) is 21.6. The van der Waals surface area contributed by atoms with E-state index < -0.39 is 28.5 Å². The molecule has 4 aromatic carbocycles. The van der Waals surface area contributed by atoms with Gasteiger partial charge in [0.25, 0.3) is 10.0 Å². The maximum atomic E-state index is 14.4. The third kappa shape index (κ3) is 9.00. The van der Waals surface area contributed by atoms with Crippen LogP contribution in [-0.4, -0.2) is 51.4 Å². The summed E-state index contributed by atoms with van der Waals surface area (Å²) in [5, 5.41) is 3.86. The number of anilines is 1. The lowest BCUT2D eigenvalue weighted by molar-refractivity contribution is -0.140. The van der Waals surface area contributed by atoms with Crippen LogP contribution in [0.4, 0.5) is 5.69 Å². The number of carbonyl (C=O) groups is 2. The van der Waals surface area contributed by atoms with Crippen molar-refractivity contribution in [2.24, 2.45) is 0 Å². The summed E-state index contributed by atoms with van der Waals surface area (Å²) in [6, 6.07) is 27.5. The summed E-state index contributed by atoms with van der Waals surface area (Å²) >= 11 is 12.3. The number of rotatable bonds is 14. The summed E-state index contributed by atoms with van der Waals surface area (Å²) in [7, 11) is -2.76. The molecule has 0 radical (unpaired) electrons. The number of amides is 2. The van der Waals surface area contributed by atoms with Gasteiger partial charge in [0.15, 0.2) is 0 Å². The molecule has 4 aromatic rings. The molecular formula is C34H35Cl2N3O5S. The van der Waals surface area contributed by atoms with E-state index in [1.807, 2.05) is 37.3 Å². The molecule has 4 rings (SSSR count). The van der Waals surface area contributed by atoms with Crippen LogP contribution in [0.15, 0.2) is 108 Å². The Morgan fingerprint density at radius 3 is 2.00 bits per heavy atom. The van der Waals surface area contributed by atoms with Crippen molar-refractivity contribution in [1.82, 2.24) is 10.2 Å². The Hall–Kier alpha value is -4.05. The van der Waals surface area contributed by atoms with E-state index >= 15 is 0 Å². The molecule has 1 N–H and O–H groups in total. The summed E-state index contributed by atoms with van der Waals surface area (Å²) < 4.78 is 34.4. The minimum absolute atomic E-state index is 0.0307. The number of nitrogens with one attached hydrogen (secondary N) is 1. The van der Waals surface area contributed by atoms with Crippen LogP contribution in [0.5, 0.6) is 5.75 Å². The Morgan fingerprint density at radius 2 is 1.42 bits per heavy atom. The van der Waals surface area contributed by atoms with Crippen molar-refractivity contribution < 1.29 is 22.7 Å². The highest BCUT2D eigenvalue weighted by atomic mass is 35.5. The minimum atomic E-state index is -4.25. The monoisotopic (exact) mass is 667 g/mol. The number of carbonyl (C=O) groups excluding carboxylic acids is 2. The quantitative estimate of drug-likeness (QED) is 0.169. The van der Waals surface area contributed by atoms with E-state index in [1.165, 1.54) is 48.4 Å². The van der Waals surface area contributed by atoms with Gasteiger partial charge in [0.2, 0.25) is 11.8 Å². The van der Waals surface area contributed by atoms with Crippen LogP contribution in [0.2, 0.25) is 10.0 Å². The highest BCUT2D eigenvalue weighted by molar-refractivity contribution is 7.92. The molecule has 0 bridgehead atoms. The first kappa shape index (κ1) is 33.8. The number of halogens is 2. The normalized spacial score (nSPS) is 11.8. The summed E-state index contributed by atoms with van der Waals surface area (Å²) in [6.07, 6.45) is 0.932. The van der Waals surface area contributed by atoms with Crippen molar-refractivity contribution in [3.8, 4) is 5.75 Å². The van der Waals surface area contributed by atoms with Gasteiger partial charge >= 0.3 is 0 Å². The number of methoxy groups -OCH3 is 1. The first-order valence-electron chi connectivity index (χ1n) is 14.4. The zero-order valence-corrected chi connectivity index (χ0v) is 27.4. The molecule has 45 heavy (non-hydrogen) atoms. The van der Waals surface area contributed by atoms with Gasteiger partial charge in [0.1, 0.15) is 18.3 Å². The number of hydrogen-bond donors (Lipinski definition) is 1. The lowest BCUT2D eigenvalue weighted by atomic mass is 10.0. The van der Waals surface area contributed by atoms with Crippen molar-refractivity contribution in [1.29, 1.82) is 0 Å². The van der Waals surface area contributed by atoms with E-state index in [2.05, 4.69) is 5.32 Å². The predicted octanol–water partition coefficient (Wildman–Crippen LogP) is 6.36. The van der Waals surface area contributed by atoms with Crippen molar-refractivity contribution in [2.45, 2.75) is 37.2 Å². The van der Waals surface area contributed by atoms with Crippen LogP contribution in [0.1, 0.15) is 24.5 Å². The molecule has 0 aromatic heterocycles. The maximum Gasteiger partial charge on any atom is 0.264 e. The standard InChI is InChI=1S/C34H35Cl2N3O5S/c1-3-21-37-34(41)32(22-25-7-5-4-6-8-25)38(23-26-9-11-27(35)12-10-26)33(40)24-39(29-15-13-28(36)14-16-29)45(42,43)31-19-17-30(44-2)18-20-31/h4-20,32H,3,21-24H2,1-2H3,(H,37,41)/t32-/m1/s1. The van der Waals surface area contributed by atoms with Gasteiger partial charge in [-0.25, -0.2) is 8.42 Å². The van der Waals surface area contributed by atoms with Gasteiger partial charge in [-0.15, -0.1) is 0 Å². The van der Waals surface area contributed by atoms with Crippen LogP contribution in [0, 0.1) is 0 Å². The number of nitrogens with zero attached hydrogens (tertiary/aromatic N) is 2. The fraction of sp³-hybridized carbons (Fsp3) is 0.235. The Morgan fingerprint density at radius 1 is 0.822 bits per heavy atom. The van der Waals surface area contributed by atoms with E-state index in [1.54, 1.807) is 36.4 Å². The molecule has 0 spiro atoms. The second-order valence-electron chi connectivity index (χ2n) is 10.3. The zero-order chi connectivity index (χ0) is 32.4. The van der Waals surface area contributed by atoms with Crippen molar-refractivity contribution >= 4 is 50.7 Å². The molecule has 8 nitrogen and oxygen atoms in total. The van der Waals surface area contributed by atoms with E-state index in [9.17, 15) is 18.0 Å². The molecule has 0 fully saturated rings. The fourth-order valence-electron chi connectivity index (χ4n) is 4.72. The average molecular weight is 669 g/mol. The topological polar surface area (TPSA) is 96.0 Å². The van der Waals surface area contributed by atoms with Crippen molar-refractivity contribution in [3.05, 3.63) is 124 Å². The molecule has 2 amide bonds. The van der Waals surface area contributed by atoms with Gasteiger partial charge in [-0.1, -0.05) is 72.6 Å². The summed E-state index contributed by atoms with van der Waals surface area (Å²) in [5.41, 5.74) is 1.82. The van der Waals surface area contributed by atoms with Crippen LogP contribution >= 0.6 is 23.2 Å². The molecule has 0 saturated carbocycles. The smallest absolute Gasteiger partial charge is 0.264 e. The van der Waals surface area contributed by atoms with Crippen molar-refractivity contribution in [2.75, 3.05) is 24.5 Å². The van der Waals surface area contributed by atoms with Crippen LogP contribution in [0.25, 0.3) is 0 Å². The van der Waals surface area contributed by atoms with E-state index in [-0.39, 0.29) is 29.5 Å². The van der Waals surface area contributed by atoms with Gasteiger partial charge in [0, 0.05) is 29.6 Å². The average Bonchev–Trinajstić information content (AvgIpc) is 3.05. The molecule has 0 heterocycles. The number of ether oxygens (including phenoxy) is 1. The van der Waals surface area contributed by atoms with E-state index in [0.717, 1.165) is 15.4 Å². The molecule has 0 saturated heterocycles. The van der Waals surface area contributed by atoms with Crippen LogP contribution in [-0.2, 0) is 32.6 Å². The second kappa shape index (κ2) is 15.8. The highest BCUT2D eigenvalue weighted by Gasteiger charge is 2.34. The minimum Gasteiger partial charge on any atom is -0.497 e. The summed E-state index contributed by atoms with van der Waals surface area (Å²) in [4.78, 5) is 29.5. The zero-order valence-electron chi connectivity index (χ0n) is 25.0. The third-order valence-electron chi connectivity index (χ3n) is 7.13. The Kier molecular flexibility index (Phi) is 11.9. The fourth-order valence-corrected chi connectivity index (χ4v) is 6.38. The van der Waals surface area contributed by atoms with Crippen LogP contribution in [0.3, 0.4) is 0 Å². The molecule has 236 valence electrons. The van der Waals surface area contributed by atoms with Gasteiger partial charge in [-0.2, -0.15) is 0 Å². The predicted molar refractivity (Wildman–Crippen MR) is 178 cm³/mol. The Labute approximate surface area is 274 Å². The summed E-state index contributed by atoms with van der Waals surface area (Å²) in [6.45, 7) is 1.84. The van der Waals surface area contributed by atoms with E-state index in [0.29, 0.717) is 28.8 Å². The largest absolute Gasteiger partial charge is 0.497 e. The summed E-state index contributed by atoms with van der Waals surface area (Å²) in [5.74, 6) is -0.414. The Bertz CT molecular complexity index is 1670. The Balaban J connectivity index is 1.78. The molecular weight excluding hydrogens is 633 g/mol. The number of sulfonamides is 1.